The van der Waals surface area contributed by atoms with Crippen molar-refractivity contribution in [1.82, 2.24) is 10.6 Å². The lowest BCUT2D eigenvalue weighted by Crippen LogP contribution is -2.43. The number of hydrogen-bond donors (Lipinski definition) is 3. The number of anilines is 1. The van der Waals surface area contributed by atoms with Crippen LogP contribution in [-0.2, 0) is 20.6 Å². The molecular weight excluding hydrogens is 281 g/mol. The van der Waals surface area contributed by atoms with Crippen LogP contribution in [0.2, 0.25) is 0 Å². The van der Waals surface area contributed by atoms with Crippen LogP contribution >= 0.6 is 0 Å². The zero-order chi connectivity index (χ0) is 16.4. The van der Waals surface area contributed by atoms with Crippen LogP contribution in [0.15, 0.2) is 24.3 Å². The standard InChI is InChI=1S/C15H22BN3O3/c1-11(18-14(20)10-22-8-7-17-2)15(21)19-13-5-3-12(9-16)4-6-13/h3-6,11,17H,7-10H2,1-2H3,(H,18,20)(H,19,21). The second-order valence-corrected chi connectivity index (χ2v) is 4.84. The molecule has 0 aliphatic carbocycles. The van der Waals surface area contributed by atoms with Crippen LogP contribution in [0.5, 0.6) is 0 Å². The zero-order valence-corrected chi connectivity index (χ0v) is 13.0. The molecule has 7 heteroatoms. The van der Waals surface area contributed by atoms with Crippen molar-refractivity contribution < 1.29 is 14.3 Å². The summed E-state index contributed by atoms with van der Waals surface area (Å²) >= 11 is 0. The van der Waals surface area contributed by atoms with Gasteiger partial charge in [0.05, 0.1) is 14.5 Å². The lowest BCUT2D eigenvalue weighted by Gasteiger charge is -2.14. The Labute approximate surface area is 132 Å². The maximum absolute atomic E-state index is 12.0. The normalized spacial score (nSPS) is 11.7. The first-order valence-corrected chi connectivity index (χ1v) is 7.18. The van der Waals surface area contributed by atoms with E-state index in [0.717, 1.165) is 5.56 Å². The molecule has 0 heterocycles. The van der Waals surface area contributed by atoms with Crippen LogP contribution in [0, 0.1) is 0 Å². The minimum absolute atomic E-state index is 0.0650. The molecule has 0 aliphatic heterocycles. The van der Waals surface area contributed by atoms with E-state index < -0.39 is 6.04 Å². The van der Waals surface area contributed by atoms with Crippen molar-refractivity contribution in [2.45, 2.75) is 19.3 Å². The number of hydrogen-bond acceptors (Lipinski definition) is 4. The summed E-state index contributed by atoms with van der Waals surface area (Å²) in [5, 5.41) is 8.22. The van der Waals surface area contributed by atoms with E-state index >= 15 is 0 Å². The Balaban J connectivity index is 2.35. The van der Waals surface area contributed by atoms with Gasteiger partial charge in [-0.05, 0) is 26.1 Å². The van der Waals surface area contributed by atoms with Gasteiger partial charge in [0.2, 0.25) is 11.8 Å². The van der Waals surface area contributed by atoms with Gasteiger partial charge in [-0.25, -0.2) is 0 Å². The van der Waals surface area contributed by atoms with Crippen molar-refractivity contribution >= 4 is 25.3 Å². The molecule has 1 atom stereocenters. The summed E-state index contributed by atoms with van der Waals surface area (Å²) in [7, 11) is 7.31. The van der Waals surface area contributed by atoms with Gasteiger partial charge >= 0.3 is 0 Å². The predicted molar refractivity (Wildman–Crippen MR) is 86.9 cm³/mol. The molecule has 118 valence electrons. The predicted octanol–water partition coefficient (Wildman–Crippen LogP) is 0.0343. The Morgan fingerprint density at radius 3 is 2.55 bits per heavy atom. The highest BCUT2D eigenvalue weighted by atomic mass is 16.5. The quantitative estimate of drug-likeness (QED) is 0.444. The van der Waals surface area contributed by atoms with Crippen LogP contribution in [0.4, 0.5) is 5.69 Å². The highest BCUT2D eigenvalue weighted by Gasteiger charge is 2.15. The van der Waals surface area contributed by atoms with E-state index in [1.807, 2.05) is 12.1 Å². The van der Waals surface area contributed by atoms with E-state index in [0.29, 0.717) is 25.2 Å². The van der Waals surface area contributed by atoms with Crippen molar-refractivity contribution in [3.05, 3.63) is 29.8 Å². The zero-order valence-electron chi connectivity index (χ0n) is 13.0. The van der Waals surface area contributed by atoms with Crippen LogP contribution < -0.4 is 16.0 Å². The maximum Gasteiger partial charge on any atom is 0.246 e. The molecule has 1 aromatic carbocycles. The number of carbonyl (C=O) groups is 2. The van der Waals surface area contributed by atoms with Gasteiger partial charge in [-0.1, -0.05) is 24.0 Å². The minimum atomic E-state index is -0.644. The lowest BCUT2D eigenvalue weighted by atomic mass is 9.97. The molecule has 0 saturated heterocycles. The number of rotatable bonds is 9. The lowest BCUT2D eigenvalue weighted by molar-refractivity contribution is -0.129. The van der Waals surface area contributed by atoms with Crippen LogP contribution in [0.1, 0.15) is 12.5 Å². The number of benzene rings is 1. The monoisotopic (exact) mass is 303 g/mol. The summed E-state index contributed by atoms with van der Waals surface area (Å²) in [6, 6.07) is 6.59. The number of carbonyl (C=O) groups excluding carboxylic acids is 2. The number of ether oxygens (including phenoxy) is 1. The van der Waals surface area contributed by atoms with Gasteiger partial charge in [0.1, 0.15) is 12.6 Å². The molecule has 0 aliphatic rings. The molecule has 0 bridgehead atoms. The molecule has 1 unspecified atom stereocenters. The van der Waals surface area contributed by atoms with Crippen molar-refractivity contribution in [2.24, 2.45) is 0 Å². The molecule has 1 rings (SSSR count). The molecule has 3 N–H and O–H groups in total. The smallest absolute Gasteiger partial charge is 0.246 e. The second kappa shape index (κ2) is 9.97. The molecule has 0 spiro atoms. The molecule has 2 amide bonds. The van der Waals surface area contributed by atoms with E-state index in [-0.39, 0.29) is 18.4 Å². The summed E-state index contributed by atoms with van der Waals surface area (Å²) in [5.74, 6) is -0.610. The molecule has 6 nitrogen and oxygen atoms in total. The largest absolute Gasteiger partial charge is 0.370 e. The summed E-state index contributed by atoms with van der Waals surface area (Å²) in [6.07, 6.45) is 0.453. The van der Waals surface area contributed by atoms with Crippen molar-refractivity contribution in [3.63, 3.8) is 0 Å². The maximum atomic E-state index is 12.0. The highest BCUT2D eigenvalue weighted by Crippen LogP contribution is 2.09. The minimum Gasteiger partial charge on any atom is -0.370 e. The first kappa shape index (κ1) is 18.2. The van der Waals surface area contributed by atoms with Crippen LogP contribution in [-0.4, -0.2) is 52.5 Å². The number of likely N-dealkylation sites (N-methyl/N-ethyl adjacent to an activating group) is 1. The highest BCUT2D eigenvalue weighted by molar-refractivity contribution is 6.08. The molecule has 22 heavy (non-hydrogen) atoms. The first-order chi connectivity index (χ1) is 10.6. The average Bonchev–Trinajstić information content (AvgIpc) is 2.52. The van der Waals surface area contributed by atoms with Crippen LogP contribution in [0.3, 0.4) is 0 Å². The van der Waals surface area contributed by atoms with Gasteiger partial charge in [-0.2, -0.15) is 0 Å². The van der Waals surface area contributed by atoms with Gasteiger partial charge in [-0.15, -0.1) is 0 Å². The summed E-state index contributed by atoms with van der Waals surface area (Å²) < 4.78 is 5.14. The fraction of sp³-hybridized carbons (Fsp3) is 0.467. The fourth-order valence-electron chi connectivity index (χ4n) is 1.66. The molecule has 0 saturated carbocycles. The third-order valence-electron chi connectivity index (χ3n) is 2.96. The molecular formula is C15H22BN3O3. The topological polar surface area (TPSA) is 79.5 Å². The number of amides is 2. The van der Waals surface area contributed by atoms with Gasteiger partial charge < -0.3 is 20.7 Å². The Morgan fingerprint density at radius 2 is 1.95 bits per heavy atom. The second-order valence-electron chi connectivity index (χ2n) is 4.84. The van der Waals surface area contributed by atoms with Gasteiger partial charge in [0.25, 0.3) is 0 Å². The van der Waals surface area contributed by atoms with E-state index in [1.165, 1.54) is 0 Å². The van der Waals surface area contributed by atoms with E-state index in [9.17, 15) is 9.59 Å². The van der Waals surface area contributed by atoms with Crippen molar-refractivity contribution in [2.75, 3.05) is 32.1 Å². The third-order valence-corrected chi connectivity index (χ3v) is 2.96. The summed E-state index contributed by atoms with van der Waals surface area (Å²) in [6.45, 7) is 2.67. The molecule has 1 aromatic rings. The van der Waals surface area contributed by atoms with E-state index in [1.54, 1.807) is 26.1 Å². The molecule has 0 fully saturated rings. The number of nitrogens with one attached hydrogen (secondary N) is 3. The SMILES string of the molecule is [B]Cc1ccc(NC(=O)C(C)NC(=O)COCCNC)cc1. The Morgan fingerprint density at radius 1 is 1.27 bits per heavy atom. The summed E-state index contributed by atoms with van der Waals surface area (Å²) in [4.78, 5) is 23.6. The third kappa shape index (κ3) is 6.73. The van der Waals surface area contributed by atoms with Crippen molar-refractivity contribution in [1.29, 1.82) is 0 Å². The average molecular weight is 303 g/mol. The molecule has 2 radical (unpaired) electrons. The Kier molecular flexibility index (Phi) is 8.24. The first-order valence-electron chi connectivity index (χ1n) is 7.18. The van der Waals surface area contributed by atoms with Crippen LogP contribution in [0.25, 0.3) is 0 Å². The summed E-state index contributed by atoms with van der Waals surface area (Å²) in [5.41, 5.74) is 1.65. The van der Waals surface area contributed by atoms with Gasteiger partial charge in [0, 0.05) is 12.2 Å². The van der Waals surface area contributed by atoms with E-state index in [2.05, 4.69) is 16.0 Å². The van der Waals surface area contributed by atoms with E-state index in [4.69, 9.17) is 12.6 Å². The Bertz CT molecular complexity index is 479. The van der Waals surface area contributed by atoms with Crippen molar-refractivity contribution in [3.8, 4) is 0 Å². The Hall–Kier alpha value is -1.86. The van der Waals surface area contributed by atoms with Gasteiger partial charge in [0.15, 0.2) is 0 Å². The molecule has 0 aromatic heterocycles. The van der Waals surface area contributed by atoms with Gasteiger partial charge in [-0.3, -0.25) is 9.59 Å². The fourth-order valence-corrected chi connectivity index (χ4v) is 1.66.